The molecule has 0 aliphatic carbocycles. The molecule has 2 aliphatic rings. The molecule has 2 saturated heterocycles. The lowest BCUT2D eigenvalue weighted by Gasteiger charge is -2.29. The lowest BCUT2D eigenvalue weighted by atomic mass is 10.2. The van der Waals surface area contributed by atoms with Crippen LogP contribution in [0.4, 0.5) is 5.82 Å². The standard InChI is InChI=1S/C22H26N4O4S2/c1-3-29-11-5-8-26-21(28)17(32-22(26)31)14-16-19(24-9-12-30-13-10-24)23-18-15(2)6-4-7-25(18)20(16)27/h4,6-7,14H,3,5,8-13H2,1-2H3/b17-14-. The van der Waals surface area contributed by atoms with E-state index in [-0.39, 0.29) is 11.5 Å². The number of carbonyl (C=O) groups is 1. The van der Waals surface area contributed by atoms with Crippen molar-refractivity contribution in [2.24, 2.45) is 0 Å². The van der Waals surface area contributed by atoms with Crippen LogP contribution in [0, 0.1) is 6.92 Å². The molecule has 0 N–H and O–H groups in total. The second-order valence-electron chi connectivity index (χ2n) is 7.52. The highest BCUT2D eigenvalue weighted by Gasteiger charge is 2.32. The molecule has 10 heteroatoms. The second-order valence-corrected chi connectivity index (χ2v) is 9.20. The van der Waals surface area contributed by atoms with Gasteiger partial charge in [-0.2, -0.15) is 0 Å². The summed E-state index contributed by atoms with van der Waals surface area (Å²) in [6, 6.07) is 3.75. The zero-order valence-electron chi connectivity index (χ0n) is 18.2. The molecule has 2 aromatic heterocycles. The minimum Gasteiger partial charge on any atom is -0.382 e. The molecular weight excluding hydrogens is 448 g/mol. The van der Waals surface area contributed by atoms with Gasteiger partial charge in [-0.3, -0.25) is 18.9 Å². The monoisotopic (exact) mass is 474 g/mol. The zero-order valence-corrected chi connectivity index (χ0v) is 19.8. The van der Waals surface area contributed by atoms with Crippen molar-refractivity contribution in [3.63, 3.8) is 0 Å². The van der Waals surface area contributed by atoms with Crippen molar-refractivity contribution in [3.8, 4) is 0 Å². The first-order valence-electron chi connectivity index (χ1n) is 10.7. The number of morpholine rings is 1. The van der Waals surface area contributed by atoms with Crippen LogP contribution in [0.2, 0.25) is 0 Å². The van der Waals surface area contributed by atoms with Crippen LogP contribution < -0.4 is 10.5 Å². The third-order valence-electron chi connectivity index (χ3n) is 5.40. The van der Waals surface area contributed by atoms with Crippen LogP contribution in [0.1, 0.15) is 24.5 Å². The van der Waals surface area contributed by atoms with Gasteiger partial charge in [0.1, 0.15) is 15.8 Å². The summed E-state index contributed by atoms with van der Waals surface area (Å²) in [6.45, 7) is 7.97. The van der Waals surface area contributed by atoms with E-state index < -0.39 is 0 Å². The van der Waals surface area contributed by atoms with Crippen LogP contribution in [0.3, 0.4) is 0 Å². The summed E-state index contributed by atoms with van der Waals surface area (Å²) >= 11 is 6.66. The van der Waals surface area contributed by atoms with Gasteiger partial charge >= 0.3 is 0 Å². The number of anilines is 1. The van der Waals surface area contributed by atoms with Crippen molar-refractivity contribution in [2.75, 3.05) is 51.0 Å². The Labute approximate surface area is 196 Å². The van der Waals surface area contributed by atoms with Crippen LogP contribution >= 0.6 is 24.0 Å². The molecule has 170 valence electrons. The average Bonchev–Trinajstić information content (AvgIpc) is 3.06. The Morgan fingerprint density at radius 3 is 2.84 bits per heavy atom. The maximum absolute atomic E-state index is 13.5. The molecule has 2 aliphatic heterocycles. The summed E-state index contributed by atoms with van der Waals surface area (Å²) < 4.78 is 12.9. The van der Waals surface area contributed by atoms with Crippen molar-refractivity contribution in [1.82, 2.24) is 14.3 Å². The fourth-order valence-corrected chi connectivity index (χ4v) is 5.03. The van der Waals surface area contributed by atoms with Gasteiger partial charge < -0.3 is 14.4 Å². The maximum Gasteiger partial charge on any atom is 0.267 e. The number of fused-ring (bicyclic) bond motifs is 1. The molecule has 0 atom stereocenters. The van der Waals surface area contributed by atoms with E-state index in [9.17, 15) is 9.59 Å². The summed E-state index contributed by atoms with van der Waals surface area (Å²) in [7, 11) is 0. The van der Waals surface area contributed by atoms with E-state index in [1.54, 1.807) is 17.2 Å². The normalized spacial score (nSPS) is 18.4. The third-order valence-corrected chi connectivity index (χ3v) is 6.78. The van der Waals surface area contributed by atoms with Crippen LogP contribution in [0.5, 0.6) is 0 Å². The molecular formula is C22H26N4O4S2. The lowest BCUT2D eigenvalue weighted by molar-refractivity contribution is -0.122. The first-order chi connectivity index (χ1) is 15.5. The number of hydrogen-bond donors (Lipinski definition) is 0. The molecule has 32 heavy (non-hydrogen) atoms. The second kappa shape index (κ2) is 10.1. The van der Waals surface area contributed by atoms with Gasteiger partial charge in [0.25, 0.3) is 11.5 Å². The molecule has 2 aromatic rings. The lowest BCUT2D eigenvalue weighted by Crippen LogP contribution is -2.38. The summed E-state index contributed by atoms with van der Waals surface area (Å²) in [6.07, 6.45) is 4.06. The molecule has 4 heterocycles. The largest absolute Gasteiger partial charge is 0.382 e. The Kier molecular flexibility index (Phi) is 7.24. The average molecular weight is 475 g/mol. The van der Waals surface area contributed by atoms with E-state index in [0.717, 1.165) is 5.56 Å². The fourth-order valence-electron chi connectivity index (χ4n) is 3.74. The first kappa shape index (κ1) is 22.9. The van der Waals surface area contributed by atoms with Gasteiger partial charge in [0.15, 0.2) is 0 Å². The highest BCUT2D eigenvalue weighted by Crippen LogP contribution is 2.33. The highest BCUT2D eigenvalue weighted by atomic mass is 32.2. The summed E-state index contributed by atoms with van der Waals surface area (Å²) in [5, 5.41) is 0. The quantitative estimate of drug-likeness (QED) is 0.344. The Morgan fingerprint density at radius 1 is 1.31 bits per heavy atom. The zero-order chi connectivity index (χ0) is 22.7. The molecule has 0 saturated carbocycles. The third kappa shape index (κ3) is 4.59. The van der Waals surface area contributed by atoms with Crippen molar-refractivity contribution in [1.29, 1.82) is 0 Å². The van der Waals surface area contributed by atoms with Crippen LogP contribution in [0.15, 0.2) is 28.0 Å². The van der Waals surface area contributed by atoms with Gasteiger partial charge in [-0.15, -0.1) is 0 Å². The fraction of sp³-hybridized carbons (Fsp3) is 0.455. The molecule has 8 nitrogen and oxygen atoms in total. The molecule has 4 rings (SSSR count). The molecule has 0 aromatic carbocycles. The van der Waals surface area contributed by atoms with Crippen molar-refractivity contribution in [3.05, 3.63) is 44.7 Å². The predicted molar refractivity (Wildman–Crippen MR) is 130 cm³/mol. The summed E-state index contributed by atoms with van der Waals surface area (Å²) in [5.41, 5.74) is 1.71. The number of thiocarbonyl (C=S) groups is 1. The van der Waals surface area contributed by atoms with E-state index in [0.29, 0.717) is 78.7 Å². The topological polar surface area (TPSA) is 76.4 Å². The van der Waals surface area contributed by atoms with Gasteiger partial charge in [-0.25, -0.2) is 4.98 Å². The first-order valence-corrected chi connectivity index (χ1v) is 11.9. The van der Waals surface area contributed by atoms with Crippen molar-refractivity contribution < 1.29 is 14.3 Å². The SMILES string of the molecule is CCOCCCN1C(=O)/C(=C/c2c(N3CCOCC3)nc3c(C)cccn3c2=O)SC1=S. The molecule has 1 amide bonds. The summed E-state index contributed by atoms with van der Waals surface area (Å²) in [4.78, 5) is 35.4. The van der Waals surface area contributed by atoms with Crippen molar-refractivity contribution >= 4 is 51.7 Å². The Bertz CT molecular complexity index is 1120. The number of carbonyl (C=O) groups excluding carboxylic acids is 1. The summed E-state index contributed by atoms with van der Waals surface area (Å²) in [5.74, 6) is 0.396. The highest BCUT2D eigenvalue weighted by molar-refractivity contribution is 8.26. The van der Waals surface area contributed by atoms with Crippen LogP contribution in [-0.2, 0) is 14.3 Å². The number of thioether (sulfide) groups is 1. The Hall–Kier alpha value is -2.27. The number of amides is 1. The number of nitrogens with zero attached hydrogens (tertiary/aromatic N) is 4. The smallest absolute Gasteiger partial charge is 0.267 e. The van der Waals surface area contributed by atoms with Gasteiger partial charge in [0.05, 0.1) is 23.7 Å². The van der Waals surface area contributed by atoms with E-state index >= 15 is 0 Å². The number of pyridine rings is 1. The van der Waals surface area contributed by atoms with Gasteiger partial charge in [0, 0.05) is 39.0 Å². The van der Waals surface area contributed by atoms with Crippen LogP contribution in [0.25, 0.3) is 11.7 Å². The van der Waals surface area contributed by atoms with Crippen LogP contribution in [-0.4, -0.2) is 70.6 Å². The minimum atomic E-state index is -0.207. The molecule has 0 spiro atoms. The predicted octanol–water partition coefficient (Wildman–Crippen LogP) is 2.47. The van der Waals surface area contributed by atoms with E-state index in [1.165, 1.54) is 16.2 Å². The number of aryl methyl sites for hydroxylation is 1. The van der Waals surface area contributed by atoms with E-state index in [1.807, 2.05) is 30.9 Å². The molecule has 0 radical (unpaired) electrons. The van der Waals surface area contributed by atoms with E-state index in [2.05, 4.69) is 0 Å². The van der Waals surface area contributed by atoms with Gasteiger partial charge in [-0.1, -0.05) is 30.0 Å². The number of aromatic nitrogens is 2. The maximum atomic E-state index is 13.5. The van der Waals surface area contributed by atoms with E-state index in [4.69, 9.17) is 26.7 Å². The number of hydrogen-bond acceptors (Lipinski definition) is 8. The number of ether oxygens (including phenoxy) is 2. The molecule has 0 unspecified atom stereocenters. The molecule has 0 bridgehead atoms. The Balaban J connectivity index is 1.74. The van der Waals surface area contributed by atoms with Crippen molar-refractivity contribution in [2.45, 2.75) is 20.3 Å². The number of rotatable bonds is 7. The van der Waals surface area contributed by atoms with Gasteiger partial charge in [0.2, 0.25) is 0 Å². The Morgan fingerprint density at radius 2 is 2.09 bits per heavy atom. The molecule has 2 fully saturated rings. The van der Waals surface area contributed by atoms with Gasteiger partial charge in [-0.05, 0) is 38.0 Å². The minimum absolute atomic E-state index is 0.182.